The molecule has 0 aliphatic rings. The van der Waals surface area contributed by atoms with E-state index in [1.165, 1.54) is 0 Å². The minimum absolute atomic E-state index is 0.747. The van der Waals surface area contributed by atoms with E-state index in [-0.39, 0.29) is 0 Å². The Kier molecular flexibility index (Phi) is 5.46. The minimum atomic E-state index is 0.747. The molecule has 0 fully saturated rings. The van der Waals surface area contributed by atoms with Gasteiger partial charge in [0.05, 0.1) is 21.3 Å². The number of alkyl halides is 1. The lowest BCUT2D eigenvalue weighted by Crippen LogP contribution is -1.99. The van der Waals surface area contributed by atoms with Crippen LogP contribution < -0.4 is 14.2 Å². The fourth-order valence-electron chi connectivity index (χ4n) is 1.57. The predicted molar refractivity (Wildman–Crippen MR) is 68.2 cm³/mol. The summed E-state index contributed by atoms with van der Waals surface area (Å²) in [7, 11) is 4.95. The summed E-state index contributed by atoms with van der Waals surface area (Å²) in [5, 5.41) is 0.964. The zero-order valence-corrected chi connectivity index (χ0v) is 11.5. The van der Waals surface area contributed by atoms with Crippen molar-refractivity contribution in [2.75, 3.05) is 26.7 Å². The van der Waals surface area contributed by atoms with Gasteiger partial charge < -0.3 is 14.2 Å². The Labute approximate surface area is 105 Å². The molecule has 0 amide bonds. The molecule has 0 aliphatic carbocycles. The number of hydrogen-bond donors (Lipinski definition) is 0. The van der Waals surface area contributed by atoms with Gasteiger partial charge in [0.25, 0.3) is 0 Å². The van der Waals surface area contributed by atoms with Gasteiger partial charge in [0.1, 0.15) is 17.2 Å². The molecule has 0 saturated carbocycles. The van der Waals surface area contributed by atoms with Crippen molar-refractivity contribution in [1.82, 2.24) is 0 Å². The third kappa shape index (κ3) is 3.04. The Morgan fingerprint density at radius 2 is 1.56 bits per heavy atom. The highest BCUT2D eigenvalue weighted by atomic mass is 79.9. The van der Waals surface area contributed by atoms with E-state index < -0.39 is 0 Å². The molecule has 16 heavy (non-hydrogen) atoms. The van der Waals surface area contributed by atoms with Crippen molar-refractivity contribution in [3.05, 3.63) is 17.7 Å². The van der Waals surface area contributed by atoms with E-state index in [4.69, 9.17) is 14.2 Å². The first-order valence-electron chi connectivity index (χ1n) is 5.11. The van der Waals surface area contributed by atoms with Crippen LogP contribution in [-0.4, -0.2) is 26.7 Å². The highest BCUT2D eigenvalue weighted by molar-refractivity contribution is 9.09. The molecule has 1 aromatic carbocycles. The monoisotopic (exact) mass is 288 g/mol. The summed E-state index contributed by atoms with van der Waals surface area (Å²) in [5.41, 5.74) is 1.09. The molecule has 0 N–H and O–H groups in total. The lowest BCUT2D eigenvalue weighted by molar-refractivity contribution is 0.368. The highest BCUT2D eigenvalue weighted by Crippen LogP contribution is 2.34. The molecule has 3 nitrogen and oxygen atoms in total. The van der Waals surface area contributed by atoms with Gasteiger partial charge in [-0.15, -0.1) is 0 Å². The Bertz CT molecular complexity index is 314. The minimum Gasteiger partial charge on any atom is -0.496 e. The molecule has 90 valence electrons. The van der Waals surface area contributed by atoms with Gasteiger partial charge in [-0.25, -0.2) is 0 Å². The molecule has 0 heterocycles. The summed E-state index contributed by atoms with van der Waals surface area (Å²) in [6, 6.07) is 3.76. The van der Waals surface area contributed by atoms with Crippen molar-refractivity contribution < 1.29 is 14.2 Å². The molecule has 4 heteroatoms. The van der Waals surface area contributed by atoms with E-state index in [1.54, 1.807) is 21.3 Å². The Morgan fingerprint density at radius 1 is 1.00 bits per heavy atom. The van der Waals surface area contributed by atoms with Gasteiger partial charge in [-0.1, -0.05) is 15.9 Å². The largest absolute Gasteiger partial charge is 0.496 e. The first kappa shape index (κ1) is 13.2. The number of ether oxygens (including phenoxy) is 3. The normalized spacial score (nSPS) is 10.0. The molecule has 0 radical (unpaired) electrons. The van der Waals surface area contributed by atoms with Crippen molar-refractivity contribution in [1.29, 1.82) is 0 Å². The van der Waals surface area contributed by atoms with Crippen LogP contribution in [0, 0.1) is 0 Å². The summed E-state index contributed by atoms with van der Waals surface area (Å²) in [6.45, 7) is 0. The van der Waals surface area contributed by atoms with Crippen LogP contribution in [0.1, 0.15) is 12.0 Å². The first-order chi connectivity index (χ1) is 7.76. The molecule has 0 unspecified atom stereocenters. The highest BCUT2D eigenvalue weighted by Gasteiger charge is 2.12. The molecule has 0 saturated heterocycles. The van der Waals surface area contributed by atoms with E-state index in [9.17, 15) is 0 Å². The van der Waals surface area contributed by atoms with Crippen molar-refractivity contribution in [3.8, 4) is 17.2 Å². The molecular weight excluding hydrogens is 272 g/mol. The maximum Gasteiger partial charge on any atom is 0.129 e. The molecule has 0 spiro atoms. The van der Waals surface area contributed by atoms with Crippen molar-refractivity contribution in [3.63, 3.8) is 0 Å². The molecular formula is C12H17BrO3. The number of benzene rings is 1. The van der Waals surface area contributed by atoms with Crippen LogP contribution in [0.5, 0.6) is 17.2 Å². The van der Waals surface area contributed by atoms with Gasteiger partial charge in [-0.2, -0.15) is 0 Å². The van der Waals surface area contributed by atoms with Gasteiger partial charge >= 0.3 is 0 Å². The van der Waals surface area contributed by atoms with Crippen LogP contribution in [0.25, 0.3) is 0 Å². The topological polar surface area (TPSA) is 27.7 Å². The first-order valence-corrected chi connectivity index (χ1v) is 6.23. The van der Waals surface area contributed by atoms with Crippen molar-refractivity contribution >= 4 is 15.9 Å². The fourth-order valence-corrected chi connectivity index (χ4v) is 1.85. The maximum atomic E-state index is 5.35. The van der Waals surface area contributed by atoms with E-state index in [1.807, 2.05) is 12.1 Å². The van der Waals surface area contributed by atoms with Crippen LogP contribution in [0.2, 0.25) is 0 Å². The van der Waals surface area contributed by atoms with Gasteiger partial charge in [0.15, 0.2) is 0 Å². The predicted octanol–water partition coefficient (Wildman–Crippen LogP) is 3.04. The SMILES string of the molecule is COc1cc(OC)c(CCCBr)c(OC)c1. The number of halogens is 1. The lowest BCUT2D eigenvalue weighted by atomic mass is 10.1. The summed E-state index contributed by atoms with van der Waals surface area (Å²) in [4.78, 5) is 0. The second kappa shape index (κ2) is 6.63. The molecule has 0 aromatic heterocycles. The second-order valence-corrected chi connectivity index (χ2v) is 4.10. The van der Waals surface area contributed by atoms with Crippen molar-refractivity contribution in [2.45, 2.75) is 12.8 Å². The maximum absolute atomic E-state index is 5.35. The third-order valence-electron chi connectivity index (χ3n) is 2.38. The summed E-state index contributed by atoms with van der Waals surface area (Å²) in [6.07, 6.45) is 1.96. The molecule has 0 aliphatic heterocycles. The third-order valence-corrected chi connectivity index (χ3v) is 2.94. The van der Waals surface area contributed by atoms with E-state index >= 15 is 0 Å². The zero-order chi connectivity index (χ0) is 12.0. The average Bonchev–Trinajstić information content (AvgIpc) is 2.35. The van der Waals surface area contributed by atoms with Crippen LogP contribution >= 0.6 is 15.9 Å². The Balaban J connectivity index is 3.09. The lowest BCUT2D eigenvalue weighted by Gasteiger charge is -2.14. The Morgan fingerprint density at radius 3 is 1.94 bits per heavy atom. The van der Waals surface area contributed by atoms with Crippen LogP contribution in [0.4, 0.5) is 0 Å². The van der Waals surface area contributed by atoms with Gasteiger partial charge in [-0.05, 0) is 12.8 Å². The molecule has 0 bridgehead atoms. The van der Waals surface area contributed by atoms with Crippen LogP contribution in [0.15, 0.2) is 12.1 Å². The van der Waals surface area contributed by atoms with E-state index in [2.05, 4.69) is 15.9 Å². The average molecular weight is 289 g/mol. The standard InChI is InChI=1S/C12H17BrO3/c1-14-9-7-11(15-2)10(5-4-6-13)12(8-9)16-3/h7-8H,4-6H2,1-3H3. The quantitative estimate of drug-likeness (QED) is 0.753. The number of hydrogen-bond acceptors (Lipinski definition) is 3. The van der Waals surface area contributed by atoms with Crippen molar-refractivity contribution in [2.24, 2.45) is 0 Å². The van der Waals surface area contributed by atoms with Gasteiger partial charge in [0.2, 0.25) is 0 Å². The van der Waals surface area contributed by atoms with E-state index in [0.717, 1.165) is 41.0 Å². The molecule has 0 atom stereocenters. The smallest absolute Gasteiger partial charge is 0.129 e. The summed E-state index contributed by atoms with van der Waals surface area (Å²) >= 11 is 3.42. The van der Waals surface area contributed by atoms with Crippen LogP contribution in [0.3, 0.4) is 0 Å². The van der Waals surface area contributed by atoms with Crippen LogP contribution in [-0.2, 0) is 6.42 Å². The zero-order valence-electron chi connectivity index (χ0n) is 9.88. The second-order valence-electron chi connectivity index (χ2n) is 3.30. The molecule has 1 aromatic rings. The fraction of sp³-hybridized carbons (Fsp3) is 0.500. The summed E-state index contributed by atoms with van der Waals surface area (Å²) < 4.78 is 15.9. The number of methoxy groups -OCH3 is 3. The van der Waals surface area contributed by atoms with E-state index in [0.29, 0.717) is 0 Å². The number of rotatable bonds is 6. The molecule has 1 rings (SSSR count). The summed E-state index contributed by atoms with van der Waals surface area (Å²) in [5.74, 6) is 2.38. The van der Waals surface area contributed by atoms with Gasteiger partial charge in [0, 0.05) is 23.0 Å². The van der Waals surface area contributed by atoms with Gasteiger partial charge in [-0.3, -0.25) is 0 Å². The Hall–Kier alpha value is -0.900.